The van der Waals surface area contributed by atoms with Crippen LogP contribution in [-0.4, -0.2) is 78.5 Å². The van der Waals surface area contributed by atoms with Crippen LogP contribution in [0.2, 0.25) is 0 Å². The third kappa shape index (κ3) is 7.22. The zero-order chi connectivity index (χ0) is 22.9. The van der Waals surface area contributed by atoms with E-state index in [4.69, 9.17) is 18.9 Å². The highest BCUT2D eigenvalue weighted by Gasteiger charge is 2.45. The quantitative estimate of drug-likeness (QED) is 0.430. The summed E-state index contributed by atoms with van der Waals surface area (Å²) in [6.45, 7) is 9.45. The summed E-state index contributed by atoms with van der Waals surface area (Å²) in [5.41, 5.74) is 0.131. The lowest BCUT2D eigenvalue weighted by atomic mass is 10.1. The summed E-state index contributed by atoms with van der Waals surface area (Å²) in [5.74, 6) is -0.941. The van der Waals surface area contributed by atoms with Gasteiger partial charge in [0.05, 0.1) is 24.9 Å². The lowest BCUT2D eigenvalue weighted by molar-refractivity contribution is -0.0920. The number of hydrogen-bond donors (Lipinski definition) is 1. The minimum atomic E-state index is -3.44. The minimum Gasteiger partial charge on any atom is -0.478 e. The maximum atomic E-state index is 13.2. The fourth-order valence-corrected chi connectivity index (χ4v) is 7.23. The van der Waals surface area contributed by atoms with E-state index in [1.807, 2.05) is 24.0 Å². The van der Waals surface area contributed by atoms with Gasteiger partial charge in [0.25, 0.3) is 0 Å². The normalized spacial score (nSPS) is 18.4. The molecule has 0 bridgehead atoms. The molecule has 1 aliphatic rings. The van der Waals surface area contributed by atoms with E-state index in [1.54, 1.807) is 26.0 Å². The molecule has 1 N–H and O–H groups in total. The molecule has 11 heteroatoms. The average molecular weight is 476 g/mol. The topological polar surface area (TPSA) is 106 Å². The number of rotatable bonds is 13. The third-order valence-corrected chi connectivity index (χ3v) is 8.76. The summed E-state index contributed by atoms with van der Waals surface area (Å²) < 4.78 is 42.4. The molecule has 1 aromatic carbocycles. The molecule has 2 rings (SSSR count). The Balaban J connectivity index is 2.07. The standard InChI is InChI=1S/C20H34N2O7P2/c1-4-27-20(30-25,16-31(26,28-5-2)29-6-3)22-13-11-21(12-14-22)15-17-7-9-18(10-8-17)19(23)24/h7-10H,4-6,11-16,30H2,1-3H3,(H,23,24). The molecule has 0 spiro atoms. The van der Waals surface area contributed by atoms with Crippen LogP contribution in [0.1, 0.15) is 36.7 Å². The van der Waals surface area contributed by atoms with Gasteiger partial charge >= 0.3 is 13.6 Å². The second-order valence-electron chi connectivity index (χ2n) is 7.27. The van der Waals surface area contributed by atoms with Crippen molar-refractivity contribution in [3.63, 3.8) is 0 Å². The van der Waals surface area contributed by atoms with E-state index in [2.05, 4.69) is 4.90 Å². The first-order chi connectivity index (χ1) is 14.8. The molecule has 0 radical (unpaired) electrons. The maximum Gasteiger partial charge on any atom is 0.335 e. The lowest BCUT2D eigenvalue weighted by Crippen LogP contribution is -2.57. The first kappa shape index (κ1) is 26.2. The van der Waals surface area contributed by atoms with Crippen LogP contribution in [0, 0.1) is 0 Å². The Morgan fingerprint density at radius 3 is 2.10 bits per heavy atom. The van der Waals surface area contributed by atoms with Crippen molar-refractivity contribution in [2.45, 2.75) is 32.8 Å². The van der Waals surface area contributed by atoms with Crippen LogP contribution in [0.3, 0.4) is 0 Å². The van der Waals surface area contributed by atoms with Gasteiger partial charge in [-0.1, -0.05) is 12.1 Å². The van der Waals surface area contributed by atoms with Gasteiger partial charge in [0.2, 0.25) is 0 Å². The molecule has 1 fully saturated rings. The Hall–Kier alpha value is -1.05. The van der Waals surface area contributed by atoms with Gasteiger partial charge in [-0.3, -0.25) is 14.4 Å². The first-order valence-electron chi connectivity index (χ1n) is 10.6. The zero-order valence-corrected chi connectivity index (χ0v) is 20.5. The molecule has 2 atom stereocenters. The number of ether oxygens (including phenoxy) is 1. The van der Waals surface area contributed by atoms with Crippen LogP contribution in [0.4, 0.5) is 0 Å². The second kappa shape index (κ2) is 12.3. The van der Waals surface area contributed by atoms with Crippen molar-refractivity contribution in [3.05, 3.63) is 35.4 Å². The highest BCUT2D eigenvalue weighted by molar-refractivity contribution is 7.54. The molecule has 9 nitrogen and oxygen atoms in total. The van der Waals surface area contributed by atoms with Crippen LogP contribution in [-0.2, 0) is 29.5 Å². The van der Waals surface area contributed by atoms with Gasteiger partial charge in [-0.05, 0) is 38.5 Å². The van der Waals surface area contributed by atoms with Crippen molar-refractivity contribution in [3.8, 4) is 0 Å². The molecule has 0 saturated carbocycles. The highest BCUT2D eigenvalue weighted by atomic mass is 31.2. The fourth-order valence-electron chi connectivity index (χ4n) is 3.73. The Morgan fingerprint density at radius 1 is 1.06 bits per heavy atom. The Kier molecular flexibility index (Phi) is 10.4. The molecule has 176 valence electrons. The summed E-state index contributed by atoms with van der Waals surface area (Å²) in [6.07, 6.45) is -0.0645. The highest BCUT2D eigenvalue weighted by Crippen LogP contribution is 2.54. The van der Waals surface area contributed by atoms with E-state index in [9.17, 15) is 13.9 Å². The maximum absolute atomic E-state index is 13.2. The molecule has 0 aliphatic carbocycles. The number of benzene rings is 1. The number of carboxylic acids is 1. The Labute approximate surface area is 185 Å². The number of piperazine rings is 1. The Morgan fingerprint density at radius 2 is 1.65 bits per heavy atom. The van der Waals surface area contributed by atoms with Crippen molar-refractivity contribution < 1.29 is 32.8 Å². The fraction of sp³-hybridized carbons (Fsp3) is 0.650. The number of aromatic carboxylic acids is 1. The van der Waals surface area contributed by atoms with E-state index in [-0.39, 0.29) is 24.9 Å². The number of carbonyl (C=O) groups is 1. The largest absolute Gasteiger partial charge is 0.478 e. The van der Waals surface area contributed by atoms with Gasteiger partial charge in [0.15, 0.2) is 5.47 Å². The number of nitrogens with zero attached hydrogens (tertiary/aromatic N) is 2. The summed E-state index contributed by atoms with van der Waals surface area (Å²) in [6, 6.07) is 6.85. The van der Waals surface area contributed by atoms with Gasteiger partial charge in [0.1, 0.15) is 8.46 Å². The molecular weight excluding hydrogens is 442 g/mol. The van der Waals surface area contributed by atoms with E-state index in [0.29, 0.717) is 39.3 Å². The third-order valence-electron chi connectivity index (χ3n) is 5.16. The molecule has 0 amide bonds. The van der Waals surface area contributed by atoms with Crippen LogP contribution in [0.5, 0.6) is 0 Å². The van der Waals surface area contributed by atoms with E-state index >= 15 is 0 Å². The van der Waals surface area contributed by atoms with Gasteiger partial charge in [-0.25, -0.2) is 4.79 Å². The summed E-state index contributed by atoms with van der Waals surface area (Å²) in [5, 5.41) is 9.03. The van der Waals surface area contributed by atoms with Crippen molar-refractivity contribution in [1.82, 2.24) is 9.80 Å². The summed E-state index contributed by atoms with van der Waals surface area (Å²) in [7, 11) is -4.86. The monoisotopic (exact) mass is 476 g/mol. The van der Waals surface area contributed by atoms with Crippen LogP contribution >= 0.6 is 16.1 Å². The zero-order valence-electron chi connectivity index (χ0n) is 18.5. The number of carboxylic acid groups (broad SMARTS) is 1. The van der Waals surface area contributed by atoms with Crippen molar-refractivity contribution in [2.75, 3.05) is 52.2 Å². The smallest absolute Gasteiger partial charge is 0.335 e. The van der Waals surface area contributed by atoms with Crippen LogP contribution < -0.4 is 0 Å². The predicted molar refractivity (Wildman–Crippen MR) is 121 cm³/mol. The van der Waals surface area contributed by atoms with Crippen molar-refractivity contribution >= 4 is 22.0 Å². The first-order valence-corrected chi connectivity index (χ1v) is 13.4. The van der Waals surface area contributed by atoms with Crippen molar-refractivity contribution in [1.29, 1.82) is 0 Å². The van der Waals surface area contributed by atoms with Gasteiger partial charge in [0, 0.05) is 39.3 Å². The van der Waals surface area contributed by atoms with E-state index in [0.717, 1.165) is 5.56 Å². The average Bonchev–Trinajstić information content (AvgIpc) is 2.74. The SMILES string of the molecule is CCOC(CP(=O)(OCC)OCC)([PH2]=O)N1CCN(Cc2ccc(C(=O)O)cc2)CC1. The van der Waals surface area contributed by atoms with Crippen LogP contribution in [0.25, 0.3) is 0 Å². The van der Waals surface area contributed by atoms with Crippen molar-refractivity contribution in [2.24, 2.45) is 0 Å². The molecule has 2 unspecified atom stereocenters. The second-order valence-corrected chi connectivity index (χ2v) is 10.5. The van der Waals surface area contributed by atoms with Gasteiger partial charge in [-0.15, -0.1) is 0 Å². The molecule has 0 aromatic heterocycles. The van der Waals surface area contributed by atoms with Gasteiger partial charge < -0.3 is 23.5 Å². The van der Waals surface area contributed by atoms with Crippen LogP contribution in [0.15, 0.2) is 24.3 Å². The predicted octanol–water partition coefficient (Wildman–Crippen LogP) is 3.22. The minimum absolute atomic E-state index is 0.0645. The lowest BCUT2D eigenvalue weighted by Gasteiger charge is -2.45. The summed E-state index contributed by atoms with van der Waals surface area (Å²) in [4.78, 5) is 15.2. The molecule has 1 heterocycles. The number of hydrogen-bond acceptors (Lipinski definition) is 8. The Bertz CT molecular complexity index is 759. The molecular formula is C20H34N2O7P2. The molecule has 1 aromatic rings. The molecule has 31 heavy (non-hydrogen) atoms. The van der Waals surface area contributed by atoms with E-state index < -0.39 is 27.5 Å². The van der Waals surface area contributed by atoms with Gasteiger partial charge in [-0.2, -0.15) is 0 Å². The molecule has 1 saturated heterocycles. The van der Waals surface area contributed by atoms with E-state index in [1.165, 1.54) is 0 Å². The molecule has 1 aliphatic heterocycles. The summed E-state index contributed by atoms with van der Waals surface area (Å²) >= 11 is 0.